The second-order valence-corrected chi connectivity index (χ2v) is 9.99. The molecule has 0 radical (unpaired) electrons. The van der Waals surface area contributed by atoms with Gasteiger partial charge in [0.2, 0.25) is 5.69 Å². The molecule has 4 saturated carbocycles. The molecule has 4 aliphatic carbocycles. The molecule has 4 aliphatic rings. The number of aliphatic carboxylic acids is 1. The van der Waals surface area contributed by atoms with Gasteiger partial charge < -0.3 is 15.4 Å². The lowest BCUT2D eigenvalue weighted by molar-refractivity contribution is -0.148. The third-order valence-corrected chi connectivity index (χ3v) is 8.01. The monoisotopic (exact) mass is 480 g/mol. The number of carboxylic acids is 1. The van der Waals surface area contributed by atoms with E-state index in [1.54, 1.807) is 0 Å². The van der Waals surface area contributed by atoms with Crippen LogP contribution in [0, 0.1) is 41.8 Å². The number of benzene rings is 1. The molecule has 7 rings (SSSR count). The lowest BCUT2D eigenvalue weighted by Gasteiger charge is -2.47. The van der Waals surface area contributed by atoms with Crippen LogP contribution in [-0.4, -0.2) is 27.1 Å². The molecule has 3 N–H and O–H groups in total. The van der Waals surface area contributed by atoms with Crippen molar-refractivity contribution in [2.45, 2.75) is 50.5 Å². The molecule has 9 heteroatoms. The summed E-state index contributed by atoms with van der Waals surface area (Å²) in [4.78, 5) is 23.0. The van der Waals surface area contributed by atoms with E-state index < -0.39 is 35.4 Å². The average Bonchev–Trinajstić information content (AvgIpc) is 3.59. The van der Waals surface area contributed by atoms with Crippen LogP contribution in [0.25, 0.3) is 27.0 Å². The highest BCUT2D eigenvalue weighted by Crippen LogP contribution is 2.51. The fraction of sp³-hybridized carbons (Fsp3) is 0.423. The first-order chi connectivity index (χ1) is 16.9. The summed E-state index contributed by atoms with van der Waals surface area (Å²) in [5.74, 6) is -3.85. The molecule has 1 aromatic carbocycles. The summed E-state index contributed by atoms with van der Waals surface area (Å²) in [6.07, 6.45) is 6.34. The van der Waals surface area contributed by atoms with Crippen molar-refractivity contribution in [3.8, 4) is 11.3 Å². The molecule has 4 fully saturated rings. The van der Waals surface area contributed by atoms with Gasteiger partial charge in [-0.05, 0) is 62.3 Å². The Bertz CT molecular complexity index is 1400. The van der Waals surface area contributed by atoms with E-state index in [4.69, 9.17) is 6.57 Å². The van der Waals surface area contributed by atoms with Crippen molar-refractivity contribution in [3.05, 3.63) is 52.8 Å². The maximum Gasteiger partial charge on any atom is 0.308 e. The molecule has 2 atom stereocenters. The Hall–Kier alpha value is -3.54. The molecular weight excluding hydrogens is 457 g/mol. The Morgan fingerprint density at radius 3 is 2.49 bits per heavy atom. The van der Waals surface area contributed by atoms with Crippen LogP contribution >= 0.6 is 0 Å². The van der Waals surface area contributed by atoms with E-state index in [2.05, 4.69) is 20.1 Å². The normalized spacial score (nSPS) is 25.5. The van der Waals surface area contributed by atoms with Gasteiger partial charge in [0.1, 0.15) is 11.6 Å². The predicted octanol–water partition coefficient (Wildman–Crippen LogP) is 6.38. The smallest absolute Gasteiger partial charge is 0.308 e. The molecule has 35 heavy (non-hydrogen) atoms. The van der Waals surface area contributed by atoms with Crippen LogP contribution in [0.1, 0.15) is 50.0 Å². The number of fused-ring (bicyclic) bond motifs is 4. The van der Waals surface area contributed by atoms with Gasteiger partial charge in [-0.2, -0.15) is 0 Å². The van der Waals surface area contributed by atoms with Crippen molar-refractivity contribution in [1.29, 1.82) is 0 Å². The molecule has 6 nitrogen and oxygen atoms in total. The number of carboxylic acid groups (broad SMARTS) is 1. The minimum atomic E-state index is -0.902. The Balaban J connectivity index is 1.52. The molecule has 2 aromatic heterocycles. The molecular formula is C26H23F3N4O2. The summed E-state index contributed by atoms with van der Waals surface area (Å²) in [6, 6.07) is 1.45. The zero-order valence-corrected chi connectivity index (χ0v) is 18.7. The summed E-state index contributed by atoms with van der Waals surface area (Å²) in [7, 11) is 0. The number of aromatic nitrogens is 2. The maximum absolute atomic E-state index is 15.9. The van der Waals surface area contributed by atoms with E-state index in [0.29, 0.717) is 5.56 Å². The summed E-state index contributed by atoms with van der Waals surface area (Å²) >= 11 is 0. The minimum absolute atomic E-state index is 0.0288. The second-order valence-electron chi connectivity index (χ2n) is 9.99. The molecule has 0 saturated heterocycles. The zero-order valence-electron chi connectivity index (χ0n) is 18.7. The highest BCUT2D eigenvalue weighted by molar-refractivity contribution is 5.99. The van der Waals surface area contributed by atoms with Crippen molar-refractivity contribution < 1.29 is 23.1 Å². The number of anilines is 1. The van der Waals surface area contributed by atoms with Gasteiger partial charge in [-0.3, -0.25) is 4.79 Å². The molecule has 0 amide bonds. The van der Waals surface area contributed by atoms with Crippen LogP contribution in [0.4, 0.5) is 24.7 Å². The summed E-state index contributed by atoms with van der Waals surface area (Å²) < 4.78 is 44.3. The van der Waals surface area contributed by atoms with Crippen molar-refractivity contribution in [3.63, 3.8) is 0 Å². The zero-order chi connectivity index (χ0) is 24.4. The van der Waals surface area contributed by atoms with Gasteiger partial charge in [-0.1, -0.05) is 0 Å². The SMILES string of the molecule is [C-]#[N+]c1c(-c2c[nH]c3c(F)cc(F)cc23)nc(NC2C3CCC(CC3)C2C(=O)O)c(F)c1C1CC1. The average molecular weight is 480 g/mol. The number of nitrogens with one attached hydrogen (secondary N) is 2. The summed E-state index contributed by atoms with van der Waals surface area (Å²) in [5.41, 5.74) is 0.776. The van der Waals surface area contributed by atoms with Crippen LogP contribution in [0.2, 0.25) is 0 Å². The summed E-state index contributed by atoms with van der Waals surface area (Å²) in [5, 5.41) is 13.3. The van der Waals surface area contributed by atoms with Gasteiger partial charge in [-0.25, -0.2) is 23.0 Å². The van der Waals surface area contributed by atoms with Gasteiger partial charge >= 0.3 is 5.97 Å². The largest absolute Gasteiger partial charge is 0.481 e. The van der Waals surface area contributed by atoms with E-state index >= 15 is 4.39 Å². The number of rotatable bonds is 5. The third kappa shape index (κ3) is 3.46. The van der Waals surface area contributed by atoms with E-state index in [0.717, 1.165) is 50.7 Å². The number of aromatic amines is 1. The molecule has 2 bridgehead atoms. The van der Waals surface area contributed by atoms with Crippen LogP contribution in [0.3, 0.4) is 0 Å². The van der Waals surface area contributed by atoms with Crippen LogP contribution in [0.5, 0.6) is 0 Å². The first-order valence-corrected chi connectivity index (χ1v) is 11.9. The first-order valence-electron chi connectivity index (χ1n) is 11.9. The van der Waals surface area contributed by atoms with E-state index in [9.17, 15) is 18.7 Å². The van der Waals surface area contributed by atoms with Crippen LogP contribution in [0.15, 0.2) is 18.3 Å². The van der Waals surface area contributed by atoms with E-state index in [1.807, 2.05) is 0 Å². The van der Waals surface area contributed by atoms with Crippen LogP contribution < -0.4 is 5.32 Å². The number of hydrogen-bond acceptors (Lipinski definition) is 3. The highest BCUT2D eigenvalue weighted by Gasteiger charge is 2.48. The lowest BCUT2D eigenvalue weighted by Crippen LogP contribution is -2.51. The molecule has 0 spiro atoms. The predicted molar refractivity (Wildman–Crippen MR) is 124 cm³/mol. The van der Waals surface area contributed by atoms with Gasteiger partial charge in [0.05, 0.1) is 23.7 Å². The van der Waals surface area contributed by atoms with Crippen molar-refractivity contribution in [2.24, 2.45) is 17.8 Å². The second kappa shape index (κ2) is 8.01. The third-order valence-electron chi connectivity index (χ3n) is 8.01. The Morgan fingerprint density at radius 1 is 1.11 bits per heavy atom. The fourth-order valence-electron chi connectivity index (χ4n) is 6.24. The Labute approximate surface area is 199 Å². The number of hydrogen-bond donors (Lipinski definition) is 3. The Kier molecular flexibility index (Phi) is 5.02. The Morgan fingerprint density at radius 2 is 1.83 bits per heavy atom. The molecule has 3 aromatic rings. The summed E-state index contributed by atoms with van der Waals surface area (Å²) in [6.45, 7) is 7.78. The van der Waals surface area contributed by atoms with Crippen LogP contribution in [-0.2, 0) is 4.79 Å². The van der Waals surface area contributed by atoms with Crippen molar-refractivity contribution >= 4 is 28.4 Å². The van der Waals surface area contributed by atoms with Gasteiger partial charge in [0.25, 0.3) is 0 Å². The van der Waals surface area contributed by atoms with Gasteiger partial charge in [0, 0.05) is 34.8 Å². The lowest BCUT2D eigenvalue weighted by atomic mass is 9.61. The number of carbonyl (C=O) groups is 1. The quantitative estimate of drug-likeness (QED) is 0.370. The molecule has 180 valence electrons. The van der Waals surface area contributed by atoms with Crippen molar-refractivity contribution in [2.75, 3.05) is 5.32 Å². The number of halogens is 3. The maximum atomic E-state index is 15.9. The molecule has 2 heterocycles. The number of nitrogens with zero attached hydrogens (tertiary/aromatic N) is 2. The van der Waals surface area contributed by atoms with Gasteiger partial charge in [-0.15, -0.1) is 0 Å². The first kappa shape index (κ1) is 22.0. The highest BCUT2D eigenvalue weighted by atomic mass is 19.1. The van der Waals surface area contributed by atoms with E-state index in [-0.39, 0.29) is 51.4 Å². The standard InChI is InChI=1S/C26H23F3N4O2/c1-30-24-18(11-2-3-11)20(29)25(32-21-13-6-4-12(5-7-13)19(21)26(34)35)33-23(24)16-10-31-22-15(16)8-14(27)9-17(22)28/h8-13,19,21,31H,2-7H2,(H,32,33)(H,34,35). The van der Waals surface area contributed by atoms with Gasteiger partial charge in [0.15, 0.2) is 11.6 Å². The van der Waals surface area contributed by atoms with Crippen molar-refractivity contribution in [1.82, 2.24) is 9.97 Å². The molecule has 2 unspecified atom stereocenters. The molecule has 0 aliphatic heterocycles. The number of H-pyrrole nitrogens is 1. The topological polar surface area (TPSA) is 82.4 Å². The number of pyridine rings is 1. The fourth-order valence-corrected chi connectivity index (χ4v) is 6.24. The van der Waals surface area contributed by atoms with E-state index in [1.165, 1.54) is 6.20 Å². The minimum Gasteiger partial charge on any atom is -0.481 e.